The van der Waals surface area contributed by atoms with Crippen LogP contribution in [0.25, 0.3) is 33.4 Å². The van der Waals surface area contributed by atoms with Crippen molar-refractivity contribution >= 4 is 7.69 Å². The van der Waals surface area contributed by atoms with Crippen molar-refractivity contribution in [2.75, 3.05) is 0 Å². The molecule has 0 unspecified atom stereocenters. The average molecular weight is 273 g/mol. The van der Waals surface area contributed by atoms with Crippen LogP contribution in [0, 0.1) is 0 Å². The number of fused-ring (bicyclic) bond motifs is 1. The van der Waals surface area contributed by atoms with Gasteiger partial charge < -0.3 is 10.0 Å². The van der Waals surface area contributed by atoms with Crippen LogP contribution in [0.15, 0.2) is 72.8 Å². The minimum absolute atomic E-state index is 0. The maximum atomic E-state index is 7.00. The molecule has 0 amide bonds. The molecule has 0 aliphatic heterocycles. The Morgan fingerprint density at radius 1 is 0.571 bits per heavy atom. The van der Waals surface area contributed by atoms with Gasteiger partial charge in [-0.05, 0) is 45.5 Å². The van der Waals surface area contributed by atoms with E-state index in [0.29, 0.717) is 0 Å². The number of hydrogen-bond donors (Lipinski definition) is 2. The van der Waals surface area contributed by atoms with E-state index in [4.69, 9.17) is 10.0 Å². The molecule has 0 atom stereocenters. The normalized spacial score (nSPS) is 10.4. The zero-order valence-corrected chi connectivity index (χ0v) is 11.4. The molecule has 0 spiro atoms. The molecule has 0 saturated carbocycles. The lowest BCUT2D eigenvalue weighted by Crippen LogP contribution is -1.79. The minimum atomic E-state index is 0. The van der Waals surface area contributed by atoms with Crippen molar-refractivity contribution in [2.45, 2.75) is 0 Å². The molecule has 2 aliphatic carbocycles. The summed E-state index contributed by atoms with van der Waals surface area (Å²) in [5.74, 6) is 0. The van der Waals surface area contributed by atoms with Gasteiger partial charge in [-0.3, -0.25) is 0 Å². The van der Waals surface area contributed by atoms with E-state index < -0.39 is 0 Å². The highest BCUT2D eigenvalue weighted by Gasteiger charge is 2.24. The first kappa shape index (κ1) is 13.6. The lowest BCUT2D eigenvalue weighted by Gasteiger charge is -2.05. The summed E-state index contributed by atoms with van der Waals surface area (Å²) in [6.07, 6.45) is 0. The molecule has 0 heterocycles. The number of hydrogen-bond acceptors (Lipinski definition) is 2. The molecule has 2 aromatic rings. The molecule has 0 bridgehead atoms. The maximum Gasteiger partial charge on any atom is 0.482 e. The molecule has 2 aliphatic rings. The van der Waals surface area contributed by atoms with Gasteiger partial charge in [-0.2, -0.15) is 0 Å². The van der Waals surface area contributed by atoms with E-state index in [9.17, 15) is 0 Å². The summed E-state index contributed by atoms with van der Waals surface area (Å²) in [5, 5.41) is 14.0. The van der Waals surface area contributed by atoms with Crippen LogP contribution in [0.1, 0.15) is 0 Å². The van der Waals surface area contributed by atoms with Gasteiger partial charge in [-0.1, -0.05) is 60.7 Å². The molecule has 3 heteroatoms. The summed E-state index contributed by atoms with van der Waals surface area (Å²) in [4.78, 5) is 0. The van der Waals surface area contributed by atoms with Crippen molar-refractivity contribution < 1.29 is 10.0 Å². The first-order valence-electron chi connectivity index (χ1n) is 6.74. The lowest BCUT2D eigenvalue weighted by atomic mass is 9.98. The molecule has 0 fully saturated rings. The first-order valence-corrected chi connectivity index (χ1v) is 6.74. The van der Waals surface area contributed by atoms with E-state index in [1.165, 1.54) is 33.4 Å². The van der Waals surface area contributed by atoms with Crippen molar-refractivity contribution in [3.63, 3.8) is 0 Å². The Balaban J connectivity index is 0.000000409. The first-order chi connectivity index (χ1) is 10.3. The maximum absolute atomic E-state index is 7.00. The number of benzene rings is 3. The lowest BCUT2D eigenvalue weighted by molar-refractivity contribution is 0.448. The smallest absolute Gasteiger partial charge is 0.429 e. The van der Waals surface area contributed by atoms with Crippen LogP contribution in [0.2, 0.25) is 0 Å². The van der Waals surface area contributed by atoms with E-state index in [2.05, 4.69) is 72.8 Å². The molecular formula is C18H14BO2. The van der Waals surface area contributed by atoms with Crippen molar-refractivity contribution in [3.8, 4) is 33.4 Å². The zero-order chi connectivity index (χ0) is 14.7. The van der Waals surface area contributed by atoms with E-state index in [0.717, 1.165) is 0 Å². The molecule has 2 aromatic carbocycles. The summed E-state index contributed by atoms with van der Waals surface area (Å²) in [7, 11) is 0. The third-order valence-corrected chi connectivity index (χ3v) is 3.51. The molecule has 1 radical (unpaired) electrons. The van der Waals surface area contributed by atoms with Gasteiger partial charge in [0.2, 0.25) is 0 Å². The topological polar surface area (TPSA) is 40.5 Å². The Morgan fingerprint density at radius 2 is 1.00 bits per heavy atom. The Hall–Kier alpha value is -2.36. The van der Waals surface area contributed by atoms with Crippen molar-refractivity contribution in [1.29, 1.82) is 0 Å². The number of rotatable bonds is 2. The largest absolute Gasteiger partial charge is 0.482 e. The highest BCUT2D eigenvalue weighted by atomic mass is 16.4. The molecule has 2 nitrogen and oxygen atoms in total. The van der Waals surface area contributed by atoms with Crippen LogP contribution >= 0.6 is 0 Å². The Morgan fingerprint density at radius 3 is 1.52 bits per heavy atom. The summed E-state index contributed by atoms with van der Waals surface area (Å²) < 4.78 is 0. The van der Waals surface area contributed by atoms with Gasteiger partial charge in [0.15, 0.2) is 0 Å². The third kappa shape index (κ3) is 2.75. The van der Waals surface area contributed by atoms with Crippen LogP contribution in [-0.2, 0) is 0 Å². The van der Waals surface area contributed by atoms with E-state index in [1.807, 2.05) is 0 Å². The van der Waals surface area contributed by atoms with Gasteiger partial charge in [0.1, 0.15) is 0 Å². The molecule has 21 heavy (non-hydrogen) atoms. The van der Waals surface area contributed by atoms with E-state index in [-0.39, 0.29) is 7.69 Å². The predicted molar refractivity (Wildman–Crippen MR) is 86.5 cm³/mol. The van der Waals surface area contributed by atoms with E-state index in [1.54, 1.807) is 0 Å². The van der Waals surface area contributed by atoms with Gasteiger partial charge in [0.25, 0.3) is 0 Å². The van der Waals surface area contributed by atoms with Crippen molar-refractivity contribution in [2.24, 2.45) is 0 Å². The van der Waals surface area contributed by atoms with Gasteiger partial charge >= 0.3 is 7.69 Å². The summed E-state index contributed by atoms with van der Waals surface area (Å²) in [6.45, 7) is 0. The fourth-order valence-corrected chi connectivity index (χ4v) is 2.59. The van der Waals surface area contributed by atoms with Crippen LogP contribution in [-0.4, -0.2) is 17.7 Å². The molecule has 101 valence electrons. The molecule has 0 saturated heterocycles. The highest BCUT2D eigenvalue weighted by molar-refractivity contribution is 6.13. The summed E-state index contributed by atoms with van der Waals surface area (Å²) in [5.41, 5.74) is 8.17. The second-order valence-corrected chi connectivity index (χ2v) is 4.79. The molecular weight excluding hydrogens is 259 g/mol. The Labute approximate surface area is 124 Å². The van der Waals surface area contributed by atoms with Gasteiger partial charge in [0.05, 0.1) is 0 Å². The Kier molecular flexibility index (Phi) is 3.86. The molecule has 4 rings (SSSR count). The van der Waals surface area contributed by atoms with Crippen molar-refractivity contribution in [3.05, 3.63) is 72.8 Å². The van der Waals surface area contributed by atoms with Crippen molar-refractivity contribution in [1.82, 2.24) is 0 Å². The second-order valence-electron chi connectivity index (χ2n) is 4.79. The van der Waals surface area contributed by atoms with Crippen LogP contribution in [0.4, 0.5) is 0 Å². The average Bonchev–Trinajstić information content (AvgIpc) is 3.20. The van der Waals surface area contributed by atoms with Crippen LogP contribution in [0.5, 0.6) is 0 Å². The summed E-state index contributed by atoms with van der Waals surface area (Å²) in [6, 6.07) is 25.8. The minimum Gasteiger partial charge on any atom is -0.429 e. The zero-order valence-electron chi connectivity index (χ0n) is 11.4. The molecule has 2 N–H and O–H groups in total. The fraction of sp³-hybridized carbons (Fsp3) is 0. The van der Waals surface area contributed by atoms with Crippen LogP contribution in [0.3, 0.4) is 0 Å². The quantitative estimate of drug-likeness (QED) is 0.549. The fourth-order valence-electron chi connectivity index (χ4n) is 2.59. The van der Waals surface area contributed by atoms with E-state index >= 15 is 0 Å². The SMILES string of the molecule is O[B]O.c1ccc(-c2cc3cc-3c2-c2ccccc2)cc1. The predicted octanol–water partition coefficient (Wildman–Crippen LogP) is 3.51. The van der Waals surface area contributed by atoms with Crippen LogP contribution < -0.4 is 0 Å². The second kappa shape index (κ2) is 5.96. The van der Waals surface area contributed by atoms with Gasteiger partial charge in [-0.25, -0.2) is 0 Å². The van der Waals surface area contributed by atoms with Gasteiger partial charge in [0, 0.05) is 0 Å². The summed E-state index contributed by atoms with van der Waals surface area (Å²) >= 11 is 0. The van der Waals surface area contributed by atoms with Gasteiger partial charge in [-0.15, -0.1) is 0 Å². The monoisotopic (exact) mass is 273 g/mol. The highest BCUT2D eigenvalue weighted by Crippen LogP contribution is 2.50. The third-order valence-electron chi connectivity index (χ3n) is 3.51. The Bertz CT molecular complexity index is 740. The molecule has 0 aromatic heterocycles. The standard InChI is InChI=1S/C18H12.BH2O2/c1-3-7-13(8-4-1)16-11-15-12-17(15)18(16)14-9-5-2-6-10-14;2-1-3/h1-12H;2-3H.